The molecule has 0 amide bonds. The second-order valence-electron chi connectivity index (χ2n) is 6.42. The van der Waals surface area contributed by atoms with Gasteiger partial charge in [-0.1, -0.05) is 41.3 Å². The van der Waals surface area contributed by atoms with Crippen molar-refractivity contribution in [2.75, 3.05) is 19.0 Å². The molecule has 5 nitrogen and oxygen atoms in total. The van der Waals surface area contributed by atoms with Gasteiger partial charge in [-0.25, -0.2) is 4.68 Å². The Morgan fingerprint density at radius 2 is 2.04 bits per heavy atom. The molecule has 0 saturated carbocycles. The molecule has 0 aliphatic rings. The Balaban J connectivity index is 0.00000280. The summed E-state index contributed by atoms with van der Waals surface area (Å²) >= 11 is 0. The average molecular weight is 362 g/mol. The highest BCUT2D eigenvalue weighted by Crippen LogP contribution is 2.22. The van der Waals surface area contributed by atoms with E-state index in [9.17, 15) is 0 Å². The fraction of sp³-hybridized carbons (Fsp3) is 0.273. The fourth-order valence-corrected chi connectivity index (χ4v) is 2.73. The summed E-state index contributed by atoms with van der Waals surface area (Å²) in [5.74, 6) is 6.36. The Hall–Kier alpha value is -3.10. The number of hydrogen-bond donors (Lipinski definition) is 1. The molecule has 0 bridgehead atoms. The number of anilines is 1. The first kappa shape index (κ1) is 18.7. The first-order chi connectivity index (χ1) is 13.2. The Kier molecular flexibility index (Phi) is 6.24. The number of para-hydroxylation sites is 1. The molecule has 1 atom stereocenters. The van der Waals surface area contributed by atoms with Crippen LogP contribution in [-0.2, 0) is 11.3 Å². The number of aryl methyl sites for hydroxylation is 1. The number of nitrogens with one attached hydrogen (secondary N) is 1. The van der Waals surface area contributed by atoms with Crippen LogP contribution in [0.5, 0.6) is 0 Å². The van der Waals surface area contributed by atoms with Crippen LogP contribution in [-0.4, -0.2) is 34.8 Å². The minimum atomic E-state index is 0. The summed E-state index contributed by atoms with van der Waals surface area (Å²) in [7, 11) is 1.70. The van der Waals surface area contributed by atoms with E-state index < -0.39 is 0 Å². The van der Waals surface area contributed by atoms with Crippen LogP contribution in [0.3, 0.4) is 0 Å². The lowest BCUT2D eigenvalue weighted by atomic mass is 10.0. The van der Waals surface area contributed by atoms with Crippen molar-refractivity contribution in [3.8, 4) is 23.1 Å². The van der Waals surface area contributed by atoms with Crippen LogP contribution in [0.4, 0.5) is 5.69 Å². The lowest BCUT2D eigenvalue weighted by Gasteiger charge is -2.07. The Labute approximate surface area is 161 Å². The van der Waals surface area contributed by atoms with Crippen molar-refractivity contribution >= 4 is 5.69 Å². The van der Waals surface area contributed by atoms with Crippen molar-refractivity contribution in [1.82, 2.24) is 15.0 Å². The van der Waals surface area contributed by atoms with Crippen LogP contribution >= 0.6 is 0 Å². The van der Waals surface area contributed by atoms with Crippen LogP contribution in [0.1, 0.15) is 19.5 Å². The topological polar surface area (TPSA) is 52.0 Å². The number of hydrogen-bond acceptors (Lipinski definition) is 4. The quantitative estimate of drug-likeness (QED) is 0.674. The summed E-state index contributed by atoms with van der Waals surface area (Å²) in [5.41, 5.74) is 5.13. The van der Waals surface area contributed by atoms with Crippen LogP contribution in [0.2, 0.25) is 0 Å². The third-order valence-corrected chi connectivity index (χ3v) is 4.27. The molecule has 2 aromatic carbocycles. The van der Waals surface area contributed by atoms with Gasteiger partial charge in [-0.05, 0) is 43.7 Å². The Morgan fingerprint density at radius 3 is 2.78 bits per heavy atom. The minimum Gasteiger partial charge on any atom is -0.380 e. The molecule has 27 heavy (non-hydrogen) atoms. The summed E-state index contributed by atoms with van der Waals surface area (Å²) in [6.45, 7) is 5.36. The van der Waals surface area contributed by atoms with Crippen molar-refractivity contribution in [2.24, 2.45) is 0 Å². The average Bonchev–Trinajstić information content (AvgIpc) is 3.14. The highest BCUT2D eigenvalue weighted by Gasteiger charge is 2.09. The maximum absolute atomic E-state index is 5.27. The second-order valence-corrected chi connectivity index (χ2v) is 6.42. The third kappa shape index (κ3) is 5.19. The zero-order valence-corrected chi connectivity index (χ0v) is 15.9. The van der Waals surface area contributed by atoms with E-state index in [-0.39, 0.29) is 7.53 Å². The third-order valence-electron chi connectivity index (χ3n) is 4.27. The summed E-state index contributed by atoms with van der Waals surface area (Å²) < 4.78 is 7.09. The SMILES string of the molecule is COC(C)Cn1cc(-c2ccc(C#CCNc3ccccc3)cc2C)nn1.[HH]. The second kappa shape index (κ2) is 9.02. The zero-order chi connectivity index (χ0) is 19.1. The van der Waals surface area contributed by atoms with Gasteiger partial charge in [0.2, 0.25) is 0 Å². The van der Waals surface area contributed by atoms with Crippen LogP contribution < -0.4 is 5.32 Å². The standard InChI is InChI=1S/C22H24N4O.H2/c1-17-14-19(8-7-13-23-20-9-5-4-6-10-20)11-12-21(17)22-16-26(25-24-22)15-18(2)27-3;/h4-6,9-12,14,16,18,23H,13,15H2,1-3H3;1H. The molecule has 3 rings (SSSR count). The van der Waals surface area contributed by atoms with Gasteiger partial charge in [-0.3, -0.25) is 0 Å². The van der Waals surface area contributed by atoms with E-state index in [0.29, 0.717) is 13.1 Å². The summed E-state index contributed by atoms with van der Waals surface area (Å²) in [4.78, 5) is 0. The van der Waals surface area contributed by atoms with E-state index in [1.165, 1.54) is 0 Å². The lowest BCUT2D eigenvalue weighted by Crippen LogP contribution is -2.14. The van der Waals surface area contributed by atoms with Crippen LogP contribution in [0.15, 0.2) is 54.7 Å². The summed E-state index contributed by atoms with van der Waals surface area (Å²) in [6, 6.07) is 16.2. The number of rotatable bonds is 6. The number of aromatic nitrogens is 3. The van der Waals surface area contributed by atoms with Crippen molar-refractivity contribution in [3.05, 3.63) is 65.9 Å². The molecule has 5 heteroatoms. The molecule has 1 N–H and O–H groups in total. The number of ether oxygens (including phenoxy) is 1. The van der Waals surface area contributed by atoms with E-state index in [0.717, 1.165) is 28.1 Å². The molecule has 0 aliphatic carbocycles. The monoisotopic (exact) mass is 362 g/mol. The van der Waals surface area contributed by atoms with Gasteiger partial charge in [-0.2, -0.15) is 0 Å². The molecule has 3 aromatic rings. The molecule has 140 valence electrons. The first-order valence-electron chi connectivity index (χ1n) is 8.97. The number of nitrogens with zero attached hydrogens (tertiary/aromatic N) is 3. The van der Waals surface area contributed by atoms with Crippen molar-refractivity contribution in [2.45, 2.75) is 26.5 Å². The van der Waals surface area contributed by atoms with Crippen molar-refractivity contribution in [1.29, 1.82) is 0 Å². The predicted molar refractivity (Wildman–Crippen MR) is 111 cm³/mol. The normalized spacial score (nSPS) is 11.5. The van der Waals surface area contributed by atoms with E-state index in [4.69, 9.17) is 4.74 Å². The molecule has 1 aromatic heterocycles. The van der Waals surface area contributed by atoms with E-state index >= 15 is 0 Å². The largest absolute Gasteiger partial charge is 0.380 e. The van der Waals surface area contributed by atoms with E-state index in [1.807, 2.05) is 54.2 Å². The highest BCUT2D eigenvalue weighted by atomic mass is 16.5. The summed E-state index contributed by atoms with van der Waals surface area (Å²) in [5, 5.41) is 11.8. The lowest BCUT2D eigenvalue weighted by molar-refractivity contribution is 0.0993. The Morgan fingerprint density at radius 1 is 1.22 bits per heavy atom. The van der Waals surface area contributed by atoms with Crippen molar-refractivity contribution < 1.29 is 6.16 Å². The number of methoxy groups -OCH3 is 1. The van der Waals surface area contributed by atoms with Gasteiger partial charge in [0, 0.05) is 25.4 Å². The fourth-order valence-electron chi connectivity index (χ4n) is 2.73. The van der Waals surface area contributed by atoms with Crippen LogP contribution in [0.25, 0.3) is 11.3 Å². The number of benzene rings is 2. The smallest absolute Gasteiger partial charge is 0.113 e. The molecular formula is C22H26N4O. The molecule has 0 aliphatic heterocycles. The van der Waals surface area contributed by atoms with Gasteiger partial charge in [0.1, 0.15) is 5.69 Å². The van der Waals surface area contributed by atoms with Gasteiger partial charge < -0.3 is 10.1 Å². The molecule has 1 unspecified atom stereocenters. The van der Waals surface area contributed by atoms with Crippen LogP contribution in [0, 0.1) is 18.8 Å². The van der Waals surface area contributed by atoms with Crippen molar-refractivity contribution in [3.63, 3.8) is 0 Å². The minimum absolute atomic E-state index is 0. The molecule has 0 fully saturated rings. The molecule has 0 spiro atoms. The maximum atomic E-state index is 5.27. The summed E-state index contributed by atoms with van der Waals surface area (Å²) in [6.07, 6.45) is 2.05. The molecular weight excluding hydrogens is 336 g/mol. The molecule has 0 radical (unpaired) electrons. The molecule has 1 heterocycles. The van der Waals surface area contributed by atoms with E-state index in [1.54, 1.807) is 7.11 Å². The van der Waals surface area contributed by atoms with Gasteiger partial charge >= 0.3 is 0 Å². The Bertz CT molecular complexity index is 944. The van der Waals surface area contributed by atoms with Gasteiger partial charge in [-0.15, -0.1) is 5.10 Å². The predicted octanol–water partition coefficient (Wildman–Crippen LogP) is 4.00. The van der Waals surface area contributed by atoms with Gasteiger partial charge in [0.05, 0.1) is 25.4 Å². The van der Waals surface area contributed by atoms with Gasteiger partial charge in [0.15, 0.2) is 0 Å². The highest BCUT2D eigenvalue weighted by molar-refractivity contribution is 5.64. The van der Waals surface area contributed by atoms with E-state index in [2.05, 4.69) is 46.5 Å². The zero-order valence-electron chi connectivity index (χ0n) is 15.9. The maximum Gasteiger partial charge on any atom is 0.113 e. The van der Waals surface area contributed by atoms with Gasteiger partial charge in [0.25, 0.3) is 0 Å². The molecule has 0 saturated heterocycles. The first-order valence-corrected chi connectivity index (χ1v) is 8.97.